The largest absolute Gasteiger partial charge is 0.290 e. The van der Waals surface area contributed by atoms with E-state index in [9.17, 15) is 13.2 Å². The zero-order valence-electron chi connectivity index (χ0n) is 16.5. The van der Waals surface area contributed by atoms with Crippen molar-refractivity contribution in [2.45, 2.75) is 38.1 Å². The van der Waals surface area contributed by atoms with Crippen LogP contribution in [0.15, 0.2) is 71.0 Å². The first kappa shape index (κ1) is 20.3. The van der Waals surface area contributed by atoms with Crippen LogP contribution in [-0.4, -0.2) is 27.0 Å². The molecule has 2 aromatic carbocycles. The lowest BCUT2D eigenvalue weighted by Gasteiger charge is -2.21. The quantitative estimate of drug-likeness (QED) is 0.617. The van der Waals surface area contributed by atoms with Crippen molar-refractivity contribution in [1.82, 2.24) is 4.72 Å². The lowest BCUT2D eigenvalue weighted by atomic mass is 9.69. The van der Waals surface area contributed by atoms with Crippen molar-refractivity contribution in [1.29, 1.82) is 0 Å². The second kappa shape index (κ2) is 7.53. The van der Waals surface area contributed by atoms with Crippen LogP contribution in [0.5, 0.6) is 0 Å². The molecule has 0 bridgehead atoms. The molecule has 0 fully saturated rings. The third-order valence-electron chi connectivity index (χ3n) is 4.32. The number of benzene rings is 2. The van der Waals surface area contributed by atoms with E-state index in [1.165, 1.54) is 0 Å². The molecule has 0 spiro atoms. The monoisotopic (exact) mass is 392 g/mol. The number of allylic oxidation sites excluding steroid dienone is 3. The first-order valence-electron chi connectivity index (χ1n) is 9.09. The molecule has 1 radical (unpaired) electrons. The molecule has 0 saturated heterocycles. The van der Waals surface area contributed by atoms with Gasteiger partial charge < -0.3 is 0 Å². The summed E-state index contributed by atoms with van der Waals surface area (Å²) in [7, 11) is -1.90. The standard InChI is InChI=1S/C22H23BNO3S/c1-15-14-16(11-12-17(15)21(25)19-9-7-13-23-19)18-8-5-6-10-20(18)28(26,27)24-22(2,3)4/h5-14,24H,1-4H3. The van der Waals surface area contributed by atoms with Gasteiger partial charge in [0.2, 0.25) is 10.0 Å². The van der Waals surface area contributed by atoms with E-state index in [2.05, 4.69) is 4.72 Å². The first-order chi connectivity index (χ1) is 13.1. The zero-order chi connectivity index (χ0) is 20.5. The van der Waals surface area contributed by atoms with E-state index in [0.29, 0.717) is 16.6 Å². The average molecular weight is 392 g/mol. The lowest BCUT2D eigenvalue weighted by molar-refractivity contribution is 0.104. The third-order valence-corrected chi connectivity index (χ3v) is 6.14. The van der Waals surface area contributed by atoms with Crippen LogP contribution in [0.4, 0.5) is 0 Å². The minimum Gasteiger partial charge on any atom is -0.290 e. The van der Waals surface area contributed by atoms with Crippen LogP contribution < -0.4 is 4.72 Å². The van der Waals surface area contributed by atoms with Gasteiger partial charge in [0.1, 0.15) is 0 Å². The predicted molar refractivity (Wildman–Crippen MR) is 114 cm³/mol. The summed E-state index contributed by atoms with van der Waals surface area (Å²) in [5.74, 6) is 1.80. The Morgan fingerprint density at radius 3 is 2.39 bits per heavy atom. The average Bonchev–Trinajstić information content (AvgIpc) is 3.14. The lowest BCUT2D eigenvalue weighted by Crippen LogP contribution is -2.40. The minimum absolute atomic E-state index is 0.0376. The Kier molecular flexibility index (Phi) is 5.46. The maximum atomic E-state index is 12.9. The Hall–Kier alpha value is -2.44. The van der Waals surface area contributed by atoms with Crippen LogP contribution in [0.1, 0.15) is 36.7 Å². The molecule has 6 heteroatoms. The highest BCUT2D eigenvalue weighted by molar-refractivity contribution is 7.89. The van der Waals surface area contributed by atoms with Gasteiger partial charge in [-0.05, 0) is 50.4 Å². The van der Waals surface area contributed by atoms with Crippen molar-refractivity contribution in [3.8, 4) is 11.1 Å². The number of hydrogen-bond acceptors (Lipinski definition) is 3. The summed E-state index contributed by atoms with van der Waals surface area (Å²) < 4.78 is 28.5. The highest BCUT2D eigenvalue weighted by atomic mass is 32.2. The van der Waals surface area contributed by atoms with Gasteiger partial charge in [0.25, 0.3) is 0 Å². The SMILES string of the molecule is Cc1cc(-c2ccccc2S(=O)(=O)NC(C)(C)C)ccc1C(=O)C1=CC=C[B]1. The molecule has 4 nitrogen and oxygen atoms in total. The highest BCUT2D eigenvalue weighted by Crippen LogP contribution is 2.30. The minimum atomic E-state index is -3.69. The second-order valence-electron chi connectivity index (χ2n) is 7.88. The van der Waals surface area contributed by atoms with Crippen LogP contribution >= 0.6 is 0 Å². The van der Waals surface area contributed by atoms with E-state index in [1.54, 1.807) is 64.5 Å². The zero-order valence-corrected chi connectivity index (χ0v) is 17.3. The fourth-order valence-corrected chi connectivity index (χ4v) is 4.81. The molecule has 0 aliphatic carbocycles. The maximum absolute atomic E-state index is 12.9. The molecule has 28 heavy (non-hydrogen) atoms. The van der Waals surface area contributed by atoms with E-state index >= 15 is 0 Å². The summed E-state index contributed by atoms with van der Waals surface area (Å²) in [6.07, 6.45) is 3.62. The highest BCUT2D eigenvalue weighted by Gasteiger charge is 2.25. The van der Waals surface area contributed by atoms with Crippen LogP contribution in [0.25, 0.3) is 11.1 Å². The molecular weight excluding hydrogens is 369 g/mol. The van der Waals surface area contributed by atoms with Gasteiger partial charge in [-0.25, -0.2) is 13.1 Å². The molecule has 0 atom stereocenters. The molecule has 1 aliphatic rings. The van der Waals surface area contributed by atoms with Crippen LogP contribution in [0, 0.1) is 6.92 Å². The Balaban J connectivity index is 2.02. The van der Waals surface area contributed by atoms with E-state index in [-0.39, 0.29) is 10.7 Å². The summed E-state index contributed by atoms with van der Waals surface area (Å²) in [6.45, 7) is 7.29. The summed E-state index contributed by atoms with van der Waals surface area (Å²) in [5.41, 5.74) is 2.84. The van der Waals surface area contributed by atoms with Gasteiger partial charge in [0.05, 0.1) is 4.90 Å². The summed E-state index contributed by atoms with van der Waals surface area (Å²) in [4.78, 5) is 12.9. The van der Waals surface area contributed by atoms with Gasteiger partial charge in [-0.2, -0.15) is 0 Å². The molecule has 1 N–H and O–H groups in total. The topological polar surface area (TPSA) is 63.2 Å². The number of rotatable bonds is 5. The van der Waals surface area contributed by atoms with Crippen molar-refractivity contribution in [3.05, 3.63) is 77.2 Å². The normalized spacial score (nSPS) is 13.9. The smallest absolute Gasteiger partial charge is 0.241 e. The first-order valence-corrected chi connectivity index (χ1v) is 10.6. The number of ketones is 1. The van der Waals surface area contributed by atoms with Gasteiger partial charge in [-0.15, -0.1) is 5.98 Å². The van der Waals surface area contributed by atoms with Crippen LogP contribution in [0.2, 0.25) is 0 Å². The third kappa shape index (κ3) is 4.34. The van der Waals surface area contributed by atoms with Crippen molar-refractivity contribution < 1.29 is 13.2 Å². The number of hydrogen-bond donors (Lipinski definition) is 1. The Bertz CT molecular complexity index is 1090. The fraction of sp³-hybridized carbons (Fsp3) is 0.227. The molecule has 1 heterocycles. The summed E-state index contributed by atoms with van der Waals surface area (Å²) >= 11 is 0. The van der Waals surface area contributed by atoms with E-state index in [4.69, 9.17) is 0 Å². The summed E-state index contributed by atoms with van der Waals surface area (Å²) in [6, 6.07) is 12.3. The van der Waals surface area contributed by atoms with Gasteiger partial charge in [0, 0.05) is 16.7 Å². The van der Waals surface area contributed by atoms with E-state index in [0.717, 1.165) is 11.1 Å². The second-order valence-corrected chi connectivity index (χ2v) is 9.53. The number of Topliss-reactive ketones (excluding diaryl/α,β-unsaturated/α-hetero) is 1. The van der Waals surface area contributed by atoms with Gasteiger partial charge in [-0.1, -0.05) is 48.6 Å². The van der Waals surface area contributed by atoms with Gasteiger partial charge in [0.15, 0.2) is 13.1 Å². The summed E-state index contributed by atoms with van der Waals surface area (Å²) in [5, 5.41) is 0. The molecule has 1 aliphatic heterocycles. The molecule has 3 rings (SSSR count). The number of carbonyl (C=O) groups is 1. The van der Waals surface area contributed by atoms with E-state index < -0.39 is 15.6 Å². The number of sulfonamides is 1. The molecule has 0 saturated carbocycles. The van der Waals surface area contributed by atoms with Crippen molar-refractivity contribution >= 4 is 23.1 Å². The number of carbonyl (C=O) groups excluding carboxylic acids is 1. The Labute approximate surface area is 167 Å². The molecule has 0 unspecified atom stereocenters. The Morgan fingerprint density at radius 2 is 1.79 bits per heavy atom. The van der Waals surface area contributed by atoms with Crippen molar-refractivity contribution in [2.75, 3.05) is 0 Å². The predicted octanol–water partition coefficient (Wildman–Crippen LogP) is 4.04. The van der Waals surface area contributed by atoms with Crippen molar-refractivity contribution in [3.63, 3.8) is 0 Å². The fourth-order valence-electron chi connectivity index (χ4n) is 3.16. The molecule has 2 aromatic rings. The molecule has 0 aromatic heterocycles. The molecule has 143 valence electrons. The maximum Gasteiger partial charge on any atom is 0.241 e. The van der Waals surface area contributed by atoms with Crippen molar-refractivity contribution in [2.24, 2.45) is 0 Å². The van der Waals surface area contributed by atoms with Gasteiger partial charge in [-0.3, -0.25) is 4.79 Å². The molecule has 0 amide bonds. The Morgan fingerprint density at radius 1 is 1.07 bits per heavy atom. The number of nitrogens with one attached hydrogen (secondary N) is 1. The van der Waals surface area contributed by atoms with E-state index in [1.807, 2.05) is 31.1 Å². The van der Waals surface area contributed by atoms with Crippen LogP contribution in [-0.2, 0) is 10.0 Å². The molecular formula is C22H23BNO3S. The number of aryl methyl sites for hydroxylation is 1. The van der Waals surface area contributed by atoms with Crippen LogP contribution in [0.3, 0.4) is 0 Å². The van der Waals surface area contributed by atoms with Gasteiger partial charge >= 0.3 is 0 Å².